The van der Waals surface area contributed by atoms with Gasteiger partial charge in [-0.3, -0.25) is 4.90 Å². The first kappa shape index (κ1) is 13.9. The van der Waals surface area contributed by atoms with Crippen LogP contribution in [0.5, 0.6) is 0 Å². The molecule has 2 saturated heterocycles. The lowest BCUT2D eigenvalue weighted by Crippen LogP contribution is -2.24. The van der Waals surface area contributed by atoms with Crippen molar-refractivity contribution in [1.29, 1.82) is 0 Å². The van der Waals surface area contributed by atoms with Gasteiger partial charge in [0.1, 0.15) is 5.76 Å². The van der Waals surface area contributed by atoms with Crippen LogP contribution in [0.4, 0.5) is 0 Å². The lowest BCUT2D eigenvalue weighted by Gasteiger charge is -2.17. The molecular weight excluding hydrogens is 284 g/mol. The first-order valence-electron chi connectivity index (χ1n) is 7.67. The standard InChI is InChI=1S/C15H20N4O3/c1-8-11(9(2)21-17-8)4-19-5-12-13(7-20-14(12)6-19)15-16-10(3)18-22-15/h12-14H,4-7H2,1-3H3/t12-,13+,14-/m0/s1. The highest BCUT2D eigenvalue weighted by Gasteiger charge is 2.46. The van der Waals surface area contributed by atoms with Gasteiger partial charge in [-0.15, -0.1) is 0 Å². The molecule has 2 aliphatic heterocycles. The van der Waals surface area contributed by atoms with Gasteiger partial charge >= 0.3 is 0 Å². The van der Waals surface area contributed by atoms with Crippen LogP contribution in [0.25, 0.3) is 0 Å². The van der Waals surface area contributed by atoms with Crippen LogP contribution in [-0.2, 0) is 11.3 Å². The summed E-state index contributed by atoms with van der Waals surface area (Å²) < 4.78 is 16.6. The molecule has 0 radical (unpaired) electrons. The summed E-state index contributed by atoms with van der Waals surface area (Å²) >= 11 is 0. The van der Waals surface area contributed by atoms with Gasteiger partial charge in [-0.1, -0.05) is 10.3 Å². The van der Waals surface area contributed by atoms with E-state index in [1.165, 1.54) is 5.56 Å². The minimum Gasteiger partial charge on any atom is -0.376 e. The monoisotopic (exact) mass is 304 g/mol. The quantitative estimate of drug-likeness (QED) is 0.852. The number of hydrogen-bond donors (Lipinski definition) is 0. The summed E-state index contributed by atoms with van der Waals surface area (Å²) in [7, 11) is 0. The molecule has 2 aromatic heterocycles. The minimum absolute atomic E-state index is 0.209. The average molecular weight is 304 g/mol. The van der Waals surface area contributed by atoms with Crippen molar-refractivity contribution in [2.24, 2.45) is 5.92 Å². The average Bonchev–Trinajstić information content (AvgIpc) is 3.21. The van der Waals surface area contributed by atoms with Crippen molar-refractivity contribution in [3.63, 3.8) is 0 Å². The second-order valence-electron chi connectivity index (χ2n) is 6.32. The normalized spacial score (nSPS) is 28.4. The van der Waals surface area contributed by atoms with E-state index in [4.69, 9.17) is 13.8 Å². The zero-order valence-electron chi connectivity index (χ0n) is 13.1. The zero-order valence-corrected chi connectivity index (χ0v) is 13.1. The fourth-order valence-electron chi connectivity index (χ4n) is 3.59. The molecule has 0 saturated carbocycles. The van der Waals surface area contributed by atoms with Crippen molar-refractivity contribution >= 4 is 0 Å². The molecule has 4 rings (SSSR count). The Morgan fingerprint density at radius 1 is 1.14 bits per heavy atom. The highest BCUT2D eigenvalue weighted by atomic mass is 16.5. The Morgan fingerprint density at radius 2 is 2.00 bits per heavy atom. The third-order valence-electron chi connectivity index (χ3n) is 4.81. The lowest BCUT2D eigenvalue weighted by atomic mass is 9.93. The minimum atomic E-state index is 0.209. The van der Waals surface area contributed by atoms with Gasteiger partial charge in [-0.05, 0) is 20.8 Å². The smallest absolute Gasteiger partial charge is 0.232 e. The number of nitrogens with zero attached hydrogens (tertiary/aromatic N) is 4. The molecule has 2 aromatic rings. The van der Waals surface area contributed by atoms with Crippen molar-refractivity contribution in [2.75, 3.05) is 19.7 Å². The van der Waals surface area contributed by atoms with Crippen molar-refractivity contribution in [1.82, 2.24) is 20.2 Å². The van der Waals surface area contributed by atoms with E-state index in [0.717, 1.165) is 31.1 Å². The third kappa shape index (κ3) is 2.24. The van der Waals surface area contributed by atoms with Gasteiger partial charge in [0.2, 0.25) is 5.89 Å². The molecule has 0 spiro atoms. The SMILES string of the molecule is Cc1noc([C@@H]2CO[C@H]3CN(Cc4c(C)noc4C)C[C@H]32)n1. The van der Waals surface area contributed by atoms with E-state index in [9.17, 15) is 0 Å². The number of fused-ring (bicyclic) bond motifs is 1. The maximum atomic E-state index is 5.95. The van der Waals surface area contributed by atoms with Crippen molar-refractivity contribution in [3.8, 4) is 0 Å². The second kappa shape index (κ2) is 5.17. The van der Waals surface area contributed by atoms with Crippen LogP contribution in [0.15, 0.2) is 9.05 Å². The zero-order chi connectivity index (χ0) is 15.3. The maximum Gasteiger partial charge on any atom is 0.232 e. The Kier molecular flexibility index (Phi) is 3.27. The van der Waals surface area contributed by atoms with E-state index in [-0.39, 0.29) is 12.0 Å². The van der Waals surface area contributed by atoms with Crippen LogP contribution in [0.1, 0.15) is 34.7 Å². The highest BCUT2D eigenvalue weighted by molar-refractivity contribution is 5.21. The lowest BCUT2D eigenvalue weighted by molar-refractivity contribution is 0.0957. The number of hydrogen-bond acceptors (Lipinski definition) is 7. The van der Waals surface area contributed by atoms with Crippen LogP contribution >= 0.6 is 0 Å². The van der Waals surface area contributed by atoms with E-state index in [0.29, 0.717) is 24.2 Å². The van der Waals surface area contributed by atoms with E-state index < -0.39 is 0 Å². The Bertz CT molecular complexity index is 661. The molecule has 0 amide bonds. The van der Waals surface area contributed by atoms with Crippen LogP contribution in [-0.4, -0.2) is 46.0 Å². The number of aromatic nitrogens is 3. The van der Waals surface area contributed by atoms with E-state index >= 15 is 0 Å². The topological polar surface area (TPSA) is 77.4 Å². The molecule has 7 heteroatoms. The van der Waals surface area contributed by atoms with Crippen molar-refractivity contribution in [3.05, 3.63) is 28.7 Å². The molecule has 2 fully saturated rings. The van der Waals surface area contributed by atoms with Crippen LogP contribution in [0.2, 0.25) is 0 Å². The van der Waals surface area contributed by atoms with Crippen LogP contribution in [0, 0.1) is 26.7 Å². The van der Waals surface area contributed by atoms with Gasteiger partial charge in [0.05, 0.1) is 24.3 Å². The molecule has 0 aliphatic carbocycles. The number of ether oxygens (including phenoxy) is 1. The molecule has 0 aromatic carbocycles. The van der Waals surface area contributed by atoms with Crippen molar-refractivity contribution < 1.29 is 13.8 Å². The predicted molar refractivity (Wildman–Crippen MR) is 76.3 cm³/mol. The van der Waals surface area contributed by atoms with Gasteiger partial charge in [-0.2, -0.15) is 4.98 Å². The highest BCUT2D eigenvalue weighted by Crippen LogP contribution is 2.39. The fourth-order valence-corrected chi connectivity index (χ4v) is 3.59. The molecule has 2 aliphatic rings. The molecule has 0 N–H and O–H groups in total. The molecule has 0 bridgehead atoms. The Balaban J connectivity index is 1.48. The maximum absolute atomic E-state index is 5.95. The van der Waals surface area contributed by atoms with E-state index in [1.54, 1.807) is 0 Å². The summed E-state index contributed by atoms with van der Waals surface area (Å²) in [6, 6.07) is 0. The number of rotatable bonds is 3. The van der Waals surface area contributed by atoms with Gasteiger partial charge < -0.3 is 13.8 Å². The number of likely N-dealkylation sites (tertiary alicyclic amines) is 1. The van der Waals surface area contributed by atoms with E-state index in [2.05, 4.69) is 20.2 Å². The summed E-state index contributed by atoms with van der Waals surface area (Å²) in [5.41, 5.74) is 2.16. The summed E-state index contributed by atoms with van der Waals surface area (Å²) in [5, 5.41) is 7.93. The Labute approximate surface area is 128 Å². The predicted octanol–water partition coefficient (Wildman–Crippen LogP) is 1.60. The Morgan fingerprint density at radius 3 is 2.68 bits per heavy atom. The summed E-state index contributed by atoms with van der Waals surface area (Å²) in [4.78, 5) is 6.78. The molecular formula is C15H20N4O3. The second-order valence-corrected chi connectivity index (χ2v) is 6.32. The summed E-state index contributed by atoms with van der Waals surface area (Å²) in [6.45, 7) is 9.23. The number of aryl methyl sites for hydroxylation is 3. The van der Waals surface area contributed by atoms with Gasteiger partial charge in [0, 0.05) is 31.1 Å². The third-order valence-corrected chi connectivity index (χ3v) is 4.81. The molecule has 3 atom stereocenters. The van der Waals surface area contributed by atoms with Gasteiger partial charge in [0.25, 0.3) is 0 Å². The Hall–Kier alpha value is -1.73. The summed E-state index contributed by atoms with van der Waals surface area (Å²) in [5.74, 6) is 2.92. The molecule has 7 nitrogen and oxygen atoms in total. The fraction of sp³-hybridized carbons (Fsp3) is 0.667. The molecule has 0 unspecified atom stereocenters. The van der Waals surface area contributed by atoms with Crippen LogP contribution < -0.4 is 0 Å². The largest absolute Gasteiger partial charge is 0.376 e. The first-order valence-corrected chi connectivity index (χ1v) is 7.67. The van der Waals surface area contributed by atoms with Crippen LogP contribution in [0.3, 0.4) is 0 Å². The van der Waals surface area contributed by atoms with Gasteiger partial charge in [-0.25, -0.2) is 0 Å². The van der Waals surface area contributed by atoms with Gasteiger partial charge in [0.15, 0.2) is 5.82 Å². The summed E-state index contributed by atoms with van der Waals surface area (Å²) in [6.07, 6.45) is 0.248. The first-order chi connectivity index (χ1) is 10.6. The molecule has 22 heavy (non-hydrogen) atoms. The molecule has 4 heterocycles. The van der Waals surface area contributed by atoms with E-state index in [1.807, 2.05) is 20.8 Å². The molecule has 118 valence electrons. The van der Waals surface area contributed by atoms with Crippen molar-refractivity contribution in [2.45, 2.75) is 39.3 Å².